The third-order valence-electron chi connectivity index (χ3n) is 1.51. The van der Waals surface area contributed by atoms with Crippen molar-refractivity contribution >= 4 is 0 Å². The normalized spacial score (nSPS) is 14.6. The summed E-state index contributed by atoms with van der Waals surface area (Å²) in [6.45, 7) is 6.18. The van der Waals surface area contributed by atoms with Gasteiger partial charge in [0.15, 0.2) is 0 Å². The molecule has 0 amide bonds. The fraction of sp³-hybridized carbons (Fsp3) is 0.800. The highest BCUT2D eigenvalue weighted by Crippen LogP contribution is 2.02. The van der Waals surface area contributed by atoms with Gasteiger partial charge in [-0.15, -0.1) is 0 Å². The number of aliphatic hydroxyl groups excluding tert-OH is 1. The summed E-state index contributed by atoms with van der Waals surface area (Å²) in [5.74, 6) is 0.654. The van der Waals surface area contributed by atoms with Gasteiger partial charge in [-0.05, 0) is 32.1 Å². The Morgan fingerprint density at radius 2 is 1.91 bits per heavy atom. The predicted molar refractivity (Wildman–Crippen MR) is 49.5 cm³/mol. The lowest BCUT2D eigenvalue weighted by Gasteiger charge is -2.00. The molecule has 1 atom stereocenters. The maximum Gasteiger partial charge on any atom is 0.0512 e. The van der Waals surface area contributed by atoms with Crippen LogP contribution in [0.4, 0.5) is 0 Å². The van der Waals surface area contributed by atoms with Gasteiger partial charge >= 0.3 is 0 Å². The number of unbranched alkanes of at least 4 members (excludes halogenated alkanes) is 1. The summed E-state index contributed by atoms with van der Waals surface area (Å²) in [6, 6.07) is 0. The highest BCUT2D eigenvalue weighted by Gasteiger charge is 1.92. The first-order valence-corrected chi connectivity index (χ1v) is 4.47. The van der Waals surface area contributed by atoms with E-state index in [0.29, 0.717) is 5.92 Å². The molecule has 0 aliphatic heterocycles. The van der Waals surface area contributed by atoms with Crippen LogP contribution >= 0.6 is 0 Å². The van der Waals surface area contributed by atoms with E-state index >= 15 is 0 Å². The highest BCUT2D eigenvalue weighted by atomic mass is 16.3. The zero-order valence-corrected chi connectivity index (χ0v) is 7.88. The van der Waals surface area contributed by atoms with Crippen LogP contribution in [0.2, 0.25) is 0 Å². The van der Waals surface area contributed by atoms with Gasteiger partial charge < -0.3 is 5.11 Å². The van der Waals surface area contributed by atoms with Crippen LogP contribution in [-0.4, -0.2) is 11.2 Å². The Morgan fingerprint density at radius 1 is 1.27 bits per heavy atom. The number of hydrogen-bond donors (Lipinski definition) is 1. The van der Waals surface area contributed by atoms with E-state index in [1.807, 2.05) is 6.92 Å². The summed E-state index contributed by atoms with van der Waals surface area (Å²) in [4.78, 5) is 0. The molecule has 66 valence electrons. The SMILES string of the molecule is CC(C)C=CCCC[C@H](C)O. The molecule has 0 rings (SSSR count). The van der Waals surface area contributed by atoms with Gasteiger partial charge in [0, 0.05) is 0 Å². The van der Waals surface area contributed by atoms with Crippen LogP contribution in [0.3, 0.4) is 0 Å². The Kier molecular flexibility index (Phi) is 6.24. The van der Waals surface area contributed by atoms with Crippen molar-refractivity contribution in [3.05, 3.63) is 12.2 Å². The minimum atomic E-state index is -0.137. The number of allylic oxidation sites excluding steroid dienone is 2. The second-order valence-electron chi connectivity index (χ2n) is 3.45. The second kappa shape index (κ2) is 6.41. The average molecular weight is 156 g/mol. The van der Waals surface area contributed by atoms with E-state index in [2.05, 4.69) is 26.0 Å². The van der Waals surface area contributed by atoms with Gasteiger partial charge in [0.1, 0.15) is 0 Å². The molecule has 0 radical (unpaired) electrons. The van der Waals surface area contributed by atoms with Crippen molar-refractivity contribution in [3.8, 4) is 0 Å². The van der Waals surface area contributed by atoms with E-state index in [0.717, 1.165) is 19.3 Å². The van der Waals surface area contributed by atoms with E-state index < -0.39 is 0 Å². The molecule has 11 heavy (non-hydrogen) atoms. The Morgan fingerprint density at radius 3 is 2.36 bits per heavy atom. The molecule has 0 unspecified atom stereocenters. The summed E-state index contributed by atoms with van der Waals surface area (Å²) in [5.41, 5.74) is 0. The summed E-state index contributed by atoms with van der Waals surface area (Å²) < 4.78 is 0. The zero-order valence-electron chi connectivity index (χ0n) is 7.88. The Bertz CT molecular complexity index is 103. The molecule has 0 saturated carbocycles. The van der Waals surface area contributed by atoms with Gasteiger partial charge in [-0.2, -0.15) is 0 Å². The fourth-order valence-corrected chi connectivity index (χ4v) is 0.900. The lowest BCUT2D eigenvalue weighted by molar-refractivity contribution is 0.182. The van der Waals surface area contributed by atoms with Gasteiger partial charge in [-0.1, -0.05) is 26.0 Å². The topological polar surface area (TPSA) is 20.2 Å². The molecule has 0 saturated heterocycles. The largest absolute Gasteiger partial charge is 0.393 e. The van der Waals surface area contributed by atoms with Crippen molar-refractivity contribution in [1.29, 1.82) is 0 Å². The number of hydrogen-bond acceptors (Lipinski definition) is 1. The van der Waals surface area contributed by atoms with E-state index in [-0.39, 0.29) is 6.10 Å². The first-order valence-electron chi connectivity index (χ1n) is 4.47. The van der Waals surface area contributed by atoms with E-state index in [9.17, 15) is 0 Å². The number of aliphatic hydroxyl groups is 1. The molecule has 0 aromatic carbocycles. The summed E-state index contributed by atoms with van der Waals surface area (Å²) in [6.07, 6.45) is 7.39. The monoisotopic (exact) mass is 156 g/mol. The second-order valence-corrected chi connectivity index (χ2v) is 3.45. The smallest absolute Gasteiger partial charge is 0.0512 e. The summed E-state index contributed by atoms with van der Waals surface area (Å²) >= 11 is 0. The van der Waals surface area contributed by atoms with Crippen LogP contribution in [-0.2, 0) is 0 Å². The molecule has 0 aliphatic carbocycles. The Hall–Kier alpha value is -0.300. The molecule has 0 aromatic heterocycles. The minimum Gasteiger partial charge on any atom is -0.393 e. The minimum absolute atomic E-state index is 0.137. The molecule has 1 N–H and O–H groups in total. The number of rotatable bonds is 5. The third kappa shape index (κ3) is 9.70. The molecule has 0 heterocycles. The molecule has 1 heteroatoms. The van der Waals surface area contributed by atoms with Crippen molar-refractivity contribution < 1.29 is 5.11 Å². The van der Waals surface area contributed by atoms with Gasteiger partial charge in [0.05, 0.1) is 6.10 Å². The summed E-state index contributed by atoms with van der Waals surface area (Å²) in [5, 5.41) is 8.94. The van der Waals surface area contributed by atoms with Crippen molar-refractivity contribution in [1.82, 2.24) is 0 Å². The van der Waals surface area contributed by atoms with Crippen molar-refractivity contribution in [2.45, 2.75) is 46.1 Å². The van der Waals surface area contributed by atoms with Crippen LogP contribution in [0.5, 0.6) is 0 Å². The van der Waals surface area contributed by atoms with Crippen LogP contribution < -0.4 is 0 Å². The third-order valence-corrected chi connectivity index (χ3v) is 1.51. The van der Waals surface area contributed by atoms with Crippen LogP contribution in [0.25, 0.3) is 0 Å². The first kappa shape index (κ1) is 10.7. The van der Waals surface area contributed by atoms with Gasteiger partial charge in [0.2, 0.25) is 0 Å². The van der Waals surface area contributed by atoms with Gasteiger partial charge in [-0.25, -0.2) is 0 Å². The standard InChI is InChI=1S/C10H20O/c1-9(2)7-5-4-6-8-10(3)11/h5,7,9-11H,4,6,8H2,1-3H3/t10-/m0/s1. The fourth-order valence-electron chi connectivity index (χ4n) is 0.900. The molecular formula is C10H20O. The molecule has 0 spiro atoms. The summed E-state index contributed by atoms with van der Waals surface area (Å²) in [7, 11) is 0. The van der Waals surface area contributed by atoms with E-state index in [1.165, 1.54) is 0 Å². The predicted octanol–water partition coefficient (Wildman–Crippen LogP) is 2.75. The van der Waals surface area contributed by atoms with Crippen LogP contribution in [0.15, 0.2) is 12.2 Å². The van der Waals surface area contributed by atoms with Gasteiger partial charge in [0.25, 0.3) is 0 Å². The van der Waals surface area contributed by atoms with Crippen molar-refractivity contribution in [3.63, 3.8) is 0 Å². The Balaban J connectivity index is 3.14. The molecular weight excluding hydrogens is 136 g/mol. The average Bonchev–Trinajstić information content (AvgIpc) is 1.85. The molecule has 0 bridgehead atoms. The highest BCUT2D eigenvalue weighted by molar-refractivity contribution is 4.84. The first-order chi connectivity index (χ1) is 5.13. The maximum atomic E-state index is 8.94. The van der Waals surface area contributed by atoms with Crippen LogP contribution in [0.1, 0.15) is 40.0 Å². The molecule has 0 aromatic rings. The lowest BCUT2D eigenvalue weighted by atomic mass is 10.1. The van der Waals surface area contributed by atoms with Crippen LogP contribution in [0, 0.1) is 5.92 Å². The van der Waals surface area contributed by atoms with Gasteiger partial charge in [-0.3, -0.25) is 0 Å². The van der Waals surface area contributed by atoms with E-state index in [1.54, 1.807) is 0 Å². The maximum absolute atomic E-state index is 8.94. The quantitative estimate of drug-likeness (QED) is 0.479. The van der Waals surface area contributed by atoms with Crippen molar-refractivity contribution in [2.75, 3.05) is 0 Å². The Labute approximate surface area is 70.1 Å². The van der Waals surface area contributed by atoms with E-state index in [4.69, 9.17) is 5.11 Å². The van der Waals surface area contributed by atoms with Crippen molar-refractivity contribution in [2.24, 2.45) is 5.92 Å². The lowest BCUT2D eigenvalue weighted by Crippen LogP contribution is -1.97. The molecule has 1 nitrogen and oxygen atoms in total. The zero-order chi connectivity index (χ0) is 8.69. The molecule has 0 fully saturated rings. The molecule has 0 aliphatic rings.